The number of hydrazone groups is 1. The van der Waals surface area contributed by atoms with Crippen molar-refractivity contribution in [3.63, 3.8) is 0 Å². The van der Waals surface area contributed by atoms with Gasteiger partial charge in [-0.3, -0.25) is 9.59 Å². The van der Waals surface area contributed by atoms with Gasteiger partial charge >= 0.3 is 17.8 Å². The molecule has 7 nitrogen and oxygen atoms in total. The van der Waals surface area contributed by atoms with E-state index in [4.69, 9.17) is 39.5 Å². The normalized spacial score (nSPS) is 10.9. The Morgan fingerprint density at radius 2 is 1.50 bits per heavy atom. The number of hydrogen-bond donors (Lipinski definition) is 2. The number of hydrogen-bond acceptors (Lipinski definition) is 5. The van der Waals surface area contributed by atoms with Crippen LogP contribution in [0.3, 0.4) is 0 Å². The van der Waals surface area contributed by atoms with Crippen LogP contribution in [0.2, 0.25) is 15.1 Å². The molecule has 0 atom stereocenters. The van der Waals surface area contributed by atoms with Gasteiger partial charge in [0.2, 0.25) is 0 Å². The molecule has 0 saturated heterocycles. The van der Waals surface area contributed by atoms with Crippen LogP contribution in [0.5, 0.6) is 5.75 Å². The number of carbonyl (C=O) groups is 3. The lowest BCUT2D eigenvalue weighted by Crippen LogP contribution is -2.32. The molecule has 4 aromatic carbocycles. The largest absolute Gasteiger partial charge is 0.422 e. The molecule has 0 aromatic heterocycles. The van der Waals surface area contributed by atoms with E-state index in [1.54, 1.807) is 60.7 Å². The van der Waals surface area contributed by atoms with Crippen LogP contribution in [0.25, 0.3) is 10.8 Å². The molecular formula is C26H16Cl3N3O4. The molecule has 0 heterocycles. The molecule has 0 aliphatic rings. The smallest absolute Gasteiger partial charge is 0.345 e. The Labute approximate surface area is 220 Å². The Morgan fingerprint density at radius 1 is 0.778 bits per heavy atom. The summed E-state index contributed by atoms with van der Waals surface area (Å²) in [6.45, 7) is 0. The Kier molecular flexibility index (Phi) is 7.85. The molecule has 0 unspecified atom stereocenters. The minimum atomic E-state index is -1.04. The summed E-state index contributed by atoms with van der Waals surface area (Å²) >= 11 is 18.1. The first-order chi connectivity index (χ1) is 17.3. The third kappa shape index (κ3) is 5.66. The van der Waals surface area contributed by atoms with Crippen LogP contribution in [0, 0.1) is 0 Å². The van der Waals surface area contributed by atoms with Gasteiger partial charge in [-0.15, -0.1) is 0 Å². The van der Waals surface area contributed by atoms with Crippen molar-refractivity contribution in [3.8, 4) is 5.75 Å². The molecule has 0 saturated carbocycles. The van der Waals surface area contributed by atoms with Gasteiger partial charge in [0, 0.05) is 5.56 Å². The van der Waals surface area contributed by atoms with Crippen LogP contribution in [0.1, 0.15) is 15.9 Å². The summed E-state index contributed by atoms with van der Waals surface area (Å²) in [5.74, 6) is -2.52. The standard InChI is InChI=1S/C26H16Cl3N3O4/c27-19-9-4-3-8-17(19)26(35)36-22-13-12-15-6-1-2-7-16(15)18(22)14-30-32-25(34)24(33)31-21-11-5-10-20(28)23(21)29/h1-14H,(H,31,33)(H,32,34)/b30-14+. The van der Waals surface area contributed by atoms with E-state index in [1.165, 1.54) is 12.3 Å². The average Bonchev–Trinajstić information content (AvgIpc) is 2.87. The molecule has 10 heteroatoms. The molecule has 2 amide bonds. The Bertz CT molecular complexity index is 1520. The SMILES string of the molecule is O=C(N/N=C/c1c(OC(=O)c2ccccc2Cl)ccc2ccccc12)C(=O)Nc1cccc(Cl)c1Cl. The number of benzene rings is 4. The van der Waals surface area contributed by atoms with Crippen LogP contribution in [-0.2, 0) is 9.59 Å². The van der Waals surface area contributed by atoms with Crippen LogP contribution in [-0.4, -0.2) is 24.0 Å². The summed E-state index contributed by atoms with van der Waals surface area (Å²) in [6.07, 6.45) is 1.29. The average molecular weight is 541 g/mol. The third-order valence-corrected chi connectivity index (χ3v) is 6.14. The highest BCUT2D eigenvalue weighted by molar-refractivity contribution is 6.45. The number of halogens is 3. The van der Waals surface area contributed by atoms with Gasteiger partial charge in [-0.25, -0.2) is 10.2 Å². The van der Waals surface area contributed by atoms with Crippen molar-refractivity contribution in [3.05, 3.63) is 105 Å². The number of rotatable bonds is 5. The minimum absolute atomic E-state index is 0.101. The molecule has 4 aromatic rings. The van der Waals surface area contributed by atoms with Gasteiger partial charge in [0.25, 0.3) is 0 Å². The predicted molar refractivity (Wildman–Crippen MR) is 141 cm³/mol. The molecule has 36 heavy (non-hydrogen) atoms. The first-order valence-electron chi connectivity index (χ1n) is 10.4. The number of amides is 2. The fraction of sp³-hybridized carbons (Fsp3) is 0. The van der Waals surface area contributed by atoms with E-state index >= 15 is 0 Å². The summed E-state index contributed by atoms with van der Waals surface area (Å²) in [6, 6.07) is 21.8. The van der Waals surface area contributed by atoms with Crippen molar-refractivity contribution in [1.82, 2.24) is 5.43 Å². The molecular weight excluding hydrogens is 525 g/mol. The summed E-state index contributed by atoms with van der Waals surface area (Å²) in [5, 5.41) is 8.38. The Morgan fingerprint density at radius 3 is 2.31 bits per heavy atom. The number of nitrogens with zero attached hydrogens (tertiary/aromatic N) is 1. The van der Waals surface area contributed by atoms with Gasteiger partial charge in [-0.05, 0) is 41.1 Å². The topological polar surface area (TPSA) is 96.9 Å². The van der Waals surface area contributed by atoms with E-state index in [9.17, 15) is 14.4 Å². The van der Waals surface area contributed by atoms with Crippen LogP contribution < -0.4 is 15.5 Å². The van der Waals surface area contributed by atoms with Crippen molar-refractivity contribution in [2.24, 2.45) is 5.10 Å². The lowest BCUT2D eigenvalue weighted by Gasteiger charge is -2.11. The molecule has 0 radical (unpaired) electrons. The zero-order valence-electron chi connectivity index (χ0n) is 18.3. The predicted octanol–water partition coefficient (Wildman–Crippen LogP) is 6.11. The lowest BCUT2D eigenvalue weighted by molar-refractivity contribution is -0.136. The first-order valence-corrected chi connectivity index (χ1v) is 11.6. The second-order valence-corrected chi connectivity index (χ2v) is 8.51. The van der Waals surface area contributed by atoms with E-state index in [2.05, 4.69) is 15.8 Å². The maximum Gasteiger partial charge on any atom is 0.345 e. The molecule has 0 aliphatic carbocycles. The molecule has 0 fully saturated rings. The van der Waals surface area contributed by atoms with E-state index in [1.807, 2.05) is 12.1 Å². The first kappa shape index (κ1) is 25.2. The van der Waals surface area contributed by atoms with Gasteiger partial charge in [0.15, 0.2) is 0 Å². The van der Waals surface area contributed by atoms with Crippen molar-refractivity contribution in [1.29, 1.82) is 0 Å². The second-order valence-electron chi connectivity index (χ2n) is 7.32. The van der Waals surface area contributed by atoms with Crippen LogP contribution in [0.4, 0.5) is 5.69 Å². The van der Waals surface area contributed by atoms with Crippen LogP contribution >= 0.6 is 34.8 Å². The number of carbonyl (C=O) groups excluding carboxylic acids is 3. The summed E-state index contributed by atoms with van der Waals surface area (Å²) < 4.78 is 5.60. The highest BCUT2D eigenvalue weighted by Gasteiger charge is 2.17. The van der Waals surface area contributed by atoms with Crippen molar-refractivity contribution in [2.75, 3.05) is 5.32 Å². The molecule has 180 valence electrons. The molecule has 0 spiro atoms. The summed E-state index contributed by atoms with van der Waals surface area (Å²) in [7, 11) is 0. The maximum atomic E-state index is 12.7. The lowest BCUT2D eigenvalue weighted by atomic mass is 10.0. The Balaban J connectivity index is 1.55. The number of anilines is 1. The zero-order chi connectivity index (χ0) is 25.7. The molecule has 0 bridgehead atoms. The van der Waals surface area contributed by atoms with Crippen molar-refractivity contribution in [2.45, 2.75) is 0 Å². The maximum absolute atomic E-state index is 12.7. The Hall–Kier alpha value is -3.91. The number of nitrogens with one attached hydrogen (secondary N) is 2. The van der Waals surface area contributed by atoms with Gasteiger partial charge in [0.05, 0.1) is 32.5 Å². The van der Waals surface area contributed by atoms with E-state index < -0.39 is 17.8 Å². The highest BCUT2D eigenvalue weighted by Crippen LogP contribution is 2.30. The molecule has 2 N–H and O–H groups in total. The summed E-state index contributed by atoms with van der Waals surface area (Å²) in [4.78, 5) is 37.2. The van der Waals surface area contributed by atoms with E-state index in [-0.39, 0.29) is 32.1 Å². The van der Waals surface area contributed by atoms with Crippen molar-refractivity contribution < 1.29 is 19.1 Å². The third-order valence-electron chi connectivity index (χ3n) is 4.99. The highest BCUT2D eigenvalue weighted by atomic mass is 35.5. The van der Waals surface area contributed by atoms with Gasteiger partial charge in [0.1, 0.15) is 5.75 Å². The van der Waals surface area contributed by atoms with Gasteiger partial charge < -0.3 is 10.1 Å². The number of esters is 1. The number of fused-ring (bicyclic) bond motifs is 1. The van der Waals surface area contributed by atoms with Gasteiger partial charge in [-0.2, -0.15) is 5.10 Å². The molecule has 4 rings (SSSR count). The quantitative estimate of drug-likeness (QED) is 0.105. The summed E-state index contributed by atoms with van der Waals surface area (Å²) in [5.41, 5.74) is 2.93. The van der Waals surface area contributed by atoms with Gasteiger partial charge in [-0.1, -0.05) is 83.3 Å². The zero-order valence-corrected chi connectivity index (χ0v) is 20.6. The van der Waals surface area contributed by atoms with Crippen molar-refractivity contribution >= 4 is 75.3 Å². The number of ether oxygens (including phenoxy) is 1. The fourth-order valence-electron chi connectivity index (χ4n) is 3.26. The second kappa shape index (κ2) is 11.2. The fourth-order valence-corrected chi connectivity index (χ4v) is 3.83. The van der Waals surface area contributed by atoms with E-state index in [0.29, 0.717) is 10.9 Å². The molecule has 0 aliphatic heterocycles. The monoisotopic (exact) mass is 539 g/mol. The van der Waals surface area contributed by atoms with Crippen LogP contribution in [0.15, 0.2) is 84.0 Å². The van der Waals surface area contributed by atoms with E-state index in [0.717, 1.165) is 5.39 Å². The minimum Gasteiger partial charge on any atom is -0.422 e.